The Kier molecular flexibility index (Phi) is 3.95. The maximum absolute atomic E-state index is 11.8. The molecule has 0 aliphatic rings. The maximum atomic E-state index is 11.8. The van der Waals surface area contributed by atoms with Crippen molar-refractivity contribution in [2.75, 3.05) is 12.3 Å². The van der Waals surface area contributed by atoms with Crippen LogP contribution in [0.25, 0.3) is 0 Å². The predicted molar refractivity (Wildman–Crippen MR) is 67.6 cm³/mol. The summed E-state index contributed by atoms with van der Waals surface area (Å²) in [5.74, 6) is -0.885. The summed E-state index contributed by atoms with van der Waals surface area (Å²) in [6.45, 7) is 5.97. The second-order valence-electron chi connectivity index (χ2n) is 4.72. The van der Waals surface area contributed by atoms with Gasteiger partial charge in [-0.25, -0.2) is 0 Å². The average Bonchev–Trinajstić information content (AvgIpc) is 2.67. The Morgan fingerprint density at radius 2 is 2.11 bits per heavy atom. The second kappa shape index (κ2) is 5.07. The molecule has 0 saturated carbocycles. The molecule has 0 fully saturated rings. The summed E-state index contributed by atoms with van der Waals surface area (Å²) < 4.78 is 1.57. The highest BCUT2D eigenvalue weighted by molar-refractivity contribution is 5.97. The van der Waals surface area contributed by atoms with Gasteiger partial charge in [-0.3, -0.25) is 14.3 Å². The monoisotopic (exact) mass is 253 g/mol. The van der Waals surface area contributed by atoms with Crippen LogP contribution in [0.5, 0.6) is 0 Å². The number of anilines is 1. The van der Waals surface area contributed by atoms with Gasteiger partial charge in [0.25, 0.3) is 5.91 Å². The van der Waals surface area contributed by atoms with Gasteiger partial charge >= 0.3 is 0 Å². The van der Waals surface area contributed by atoms with Crippen LogP contribution in [0.3, 0.4) is 0 Å². The van der Waals surface area contributed by atoms with Crippen molar-refractivity contribution in [2.45, 2.75) is 27.3 Å². The first-order valence-corrected chi connectivity index (χ1v) is 5.69. The molecule has 0 bridgehead atoms. The largest absolute Gasteiger partial charge is 0.396 e. The molecule has 0 unspecified atom stereocenters. The second-order valence-corrected chi connectivity index (χ2v) is 4.72. The van der Waals surface area contributed by atoms with E-state index in [1.54, 1.807) is 24.7 Å². The van der Waals surface area contributed by atoms with E-state index in [9.17, 15) is 9.59 Å². The van der Waals surface area contributed by atoms with Crippen LogP contribution in [-0.4, -0.2) is 28.1 Å². The van der Waals surface area contributed by atoms with Gasteiger partial charge in [-0.05, 0) is 20.8 Å². The summed E-state index contributed by atoms with van der Waals surface area (Å²) in [5, 5.41) is 6.64. The molecule has 100 valence electrons. The lowest BCUT2D eigenvalue weighted by Gasteiger charge is -2.20. The number of nitrogens with one attached hydrogen (secondary N) is 1. The molecular weight excluding hydrogens is 234 g/mol. The number of amides is 2. The van der Waals surface area contributed by atoms with E-state index in [1.807, 2.05) is 6.92 Å². The summed E-state index contributed by atoms with van der Waals surface area (Å²) >= 11 is 0. The highest BCUT2D eigenvalue weighted by Crippen LogP contribution is 2.13. The molecule has 0 aliphatic heterocycles. The fraction of sp³-hybridized carbons (Fsp3) is 0.545. The predicted octanol–water partition coefficient (Wildman–Crippen LogP) is -0.273. The molecule has 5 N–H and O–H groups in total. The Bertz CT molecular complexity index is 464. The van der Waals surface area contributed by atoms with Gasteiger partial charge in [-0.1, -0.05) is 0 Å². The quantitative estimate of drug-likeness (QED) is 0.669. The lowest BCUT2D eigenvalue weighted by atomic mass is 9.93. The zero-order valence-corrected chi connectivity index (χ0v) is 10.9. The normalized spacial score (nSPS) is 11.3. The lowest BCUT2D eigenvalue weighted by Crippen LogP contribution is -2.42. The zero-order valence-electron chi connectivity index (χ0n) is 10.9. The molecule has 1 aromatic rings. The molecule has 1 rings (SSSR count). The summed E-state index contributed by atoms with van der Waals surface area (Å²) in [4.78, 5) is 23.0. The van der Waals surface area contributed by atoms with Gasteiger partial charge in [-0.2, -0.15) is 5.10 Å². The minimum atomic E-state index is -0.808. The molecular formula is C11H19N5O2. The first kappa shape index (κ1) is 14.0. The van der Waals surface area contributed by atoms with Crippen LogP contribution in [0.1, 0.15) is 31.3 Å². The summed E-state index contributed by atoms with van der Waals surface area (Å²) in [6, 6.07) is 0. The molecule has 0 aromatic carbocycles. The van der Waals surface area contributed by atoms with Crippen molar-refractivity contribution in [3.05, 3.63) is 11.9 Å². The van der Waals surface area contributed by atoms with Crippen LogP contribution in [0.4, 0.5) is 5.69 Å². The lowest BCUT2D eigenvalue weighted by molar-refractivity contribution is -0.125. The molecule has 0 saturated heterocycles. The first-order valence-electron chi connectivity index (χ1n) is 5.69. The van der Waals surface area contributed by atoms with Crippen molar-refractivity contribution < 1.29 is 9.59 Å². The van der Waals surface area contributed by atoms with E-state index in [4.69, 9.17) is 11.5 Å². The number of hydrogen-bond donors (Lipinski definition) is 3. The summed E-state index contributed by atoms with van der Waals surface area (Å²) in [7, 11) is 0. The molecule has 2 amide bonds. The van der Waals surface area contributed by atoms with E-state index in [0.717, 1.165) is 0 Å². The Balaban J connectivity index is 2.71. The van der Waals surface area contributed by atoms with Crippen LogP contribution in [0.15, 0.2) is 6.20 Å². The van der Waals surface area contributed by atoms with Gasteiger partial charge in [0.1, 0.15) is 0 Å². The van der Waals surface area contributed by atoms with Crippen LogP contribution in [0.2, 0.25) is 0 Å². The third kappa shape index (κ3) is 2.99. The average molecular weight is 253 g/mol. The van der Waals surface area contributed by atoms with Crippen molar-refractivity contribution in [2.24, 2.45) is 11.1 Å². The van der Waals surface area contributed by atoms with Crippen LogP contribution in [0, 0.1) is 5.41 Å². The number of rotatable bonds is 5. The van der Waals surface area contributed by atoms with Gasteiger partial charge < -0.3 is 16.8 Å². The van der Waals surface area contributed by atoms with Crippen LogP contribution < -0.4 is 16.8 Å². The third-order valence-electron chi connectivity index (χ3n) is 2.69. The Labute approximate surface area is 106 Å². The number of nitrogen functional groups attached to an aromatic ring is 1. The van der Waals surface area contributed by atoms with Gasteiger partial charge in [0.05, 0.1) is 11.1 Å². The number of nitrogens with zero attached hydrogens (tertiary/aromatic N) is 2. The van der Waals surface area contributed by atoms with E-state index in [0.29, 0.717) is 12.2 Å². The zero-order chi connectivity index (χ0) is 13.9. The highest BCUT2D eigenvalue weighted by atomic mass is 16.2. The number of nitrogens with two attached hydrogens (primary N) is 2. The smallest absolute Gasteiger partial charge is 0.273 e. The van der Waals surface area contributed by atoms with Crippen molar-refractivity contribution in [3.63, 3.8) is 0 Å². The molecule has 18 heavy (non-hydrogen) atoms. The van der Waals surface area contributed by atoms with E-state index in [1.165, 1.54) is 0 Å². The van der Waals surface area contributed by atoms with Crippen LogP contribution in [-0.2, 0) is 11.3 Å². The maximum Gasteiger partial charge on any atom is 0.273 e. The molecule has 0 spiro atoms. The molecule has 1 heterocycles. The van der Waals surface area contributed by atoms with E-state index in [2.05, 4.69) is 10.4 Å². The minimum Gasteiger partial charge on any atom is -0.396 e. The fourth-order valence-electron chi connectivity index (χ4n) is 1.25. The first-order chi connectivity index (χ1) is 8.27. The highest BCUT2D eigenvalue weighted by Gasteiger charge is 2.26. The Morgan fingerprint density at radius 3 is 2.56 bits per heavy atom. The molecule has 7 nitrogen and oxygen atoms in total. The van der Waals surface area contributed by atoms with Crippen molar-refractivity contribution in [1.29, 1.82) is 0 Å². The molecule has 0 radical (unpaired) electrons. The standard InChI is InChI=1S/C11H19N5O2/c1-4-16-5-7(12)8(15-16)9(17)14-6-11(2,3)10(13)18/h5H,4,6,12H2,1-3H3,(H2,13,18)(H,14,17). The van der Waals surface area contributed by atoms with Crippen molar-refractivity contribution >= 4 is 17.5 Å². The summed E-state index contributed by atoms with van der Waals surface area (Å²) in [6.07, 6.45) is 1.59. The number of carbonyl (C=O) groups excluding carboxylic acids is 2. The molecule has 0 atom stereocenters. The Hall–Kier alpha value is -2.05. The van der Waals surface area contributed by atoms with Gasteiger partial charge in [0.2, 0.25) is 5.91 Å². The van der Waals surface area contributed by atoms with E-state index >= 15 is 0 Å². The van der Waals surface area contributed by atoms with Gasteiger partial charge in [0, 0.05) is 19.3 Å². The van der Waals surface area contributed by atoms with Crippen molar-refractivity contribution in [1.82, 2.24) is 15.1 Å². The number of primary amides is 1. The third-order valence-corrected chi connectivity index (χ3v) is 2.69. The van der Waals surface area contributed by atoms with Gasteiger partial charge in [0.15, 0.2) is 5.69 Å². The van der Waals surface area contributed by atoms with E-state index in [-0.39, 0.29) is 12.2 Å². The number of carbonyl (C=O) groups is 2. The number of aryl methyl sites for hydroxylation is 1. The van der Waals surface area contributed by atoms with E-state index < -0.39 is 17.2 Å². The summed E-state index contributed by atoms with van der Waals surface area (Å²) in [5.41, 5.74) is 10.6. The molecule has 0 aliphatic carbocycles. The molecule has 7 heteroatoms. The SMILES string of the molecule is CCn1cc(N)c(C(=O)NCC(C)(C)C(N)=O)n1. The topological polar surface area (TPSA) is 116 Å². The van der Waals surface area contributed by atoms with Gasteiger partial charge in [-0.15, -0.1) is 0 Å². The Morgan fingerprint density at radius 1 is 1.50 bits per heavy atom. The fourth-order valence-corrected chi connectivity index (χ4v) is 1.25. The number of hydrogen-bond acceptors (Lipinski definition) is 4. The molecule has 1 aromatic heterocycles. The minimum absolute atomic E-state index is 0.138. The van der Waals surface area contributed by atoms with Crippen molar-refractivity contribution in [3.8, 4) is 0 Å². The van der Waals surface area contributed by atoms with Crippen LogP contribution >= 0.6 is 0 Å². The number of aromatic nitrogens is 2.